The minimum Gasteiger partial charge on any atom is -0.438 e. The molecule has 1 aromatic carbocycles. The second kappa shape index (κ2) is 6.25. The van der Waals surface area contributed by atoms with Crippen LogP contribution in [0.1, 0.15) is 46.0 Å². The highest BCUT2D eigenvalue weighted by Gasteiger charge is 2.40. The number of aromatic amines is 1. The zero-order valence-corrected chi connectivity index (χ0v) is 14.3. The minimum absolute atomic E-state index is 0.251. The lowest BCUT2D eigenvalue weighted by Crippen LogP contribution is -2.41. The van der Waals surface area contributed by atoms with Crippen LogP contribution in [0.3, 0.4) is 0 Å². The number of alkyl halides is 2. The van der Waals surface area contributed by atoms with E-state index in [0.717, 1.165) is 12.1 Å². The molecule has 28 heavy (non-hydrogen) atoms. The molecule has 4 heterocycles. The van der Waals surface area contributed by atoms with Gasteiger partial charge in [-0.25, -0.2) is 23.7 Å². The van der Waals surface area contributed by atoms with Crippen molar-refractivity contribution in [3.05, 3.63) is 65.7 Å². The topological polar surface area (TPSA) is 101 Å². The molecular weight excluding hydrogens is 372 g/mol. The first kappa shape index (κ1) is 16.6. The molecule has 0 radical (unpaired) electrons. The molecule has 0 bridgehead atoms. The molecule has 1 atom stereocenters. The van der Waals surface area contributed by atoms with Gasteiger partial charge in [-0.05, 0) is 12.1 Å². The number of aromatic nitrogens is 4. The van der Waals surface area contributed by atoms with Crippen molar-refractivity contribution in [1.82, 2.24) is 24.8 Å². The summed E-state index contributed by atoms with van der Waals surface area (Å²) in [5.41, 5.74) is 1.89. The molecule has 0 unspecified atom stereocenters. The number of carbonyl (C=O) groups is 1. The lowest BCUT2D eigenvalue weighted by Gasteiger charge is -2.32. The number of nitrogens with zero attached hydrogens (tertiary/aromatic N) is 4. The fraction of sp³-hybridized carbons (Fsp3) is 0.222. The van der Waals surface area contributed by atoms with Crippen LogP contribution in [0, 0.1) is 0 Å². The lowest BCUT2D eigenvalue weighted by atomic mass is 10.0. The molecule has 4 aromatic rings. The van der Waals surface area contributed by atoms with Crippen LogP contribution in [0.5, 0.6) is 0 Å². The number of rotatable bonds is 3. The number of carbonyl (C=O) groups excluding carboxylic acids is 1. The van der Waals surface area contributed by atoms with E-state index in [1.807, 2.05) is 12.1 Å². The third-order valence-corrected chi connectivity index (χ3v) is 4.73. The number of imidazole rings is 1. The van der Waals surface area contributed by atoms with Gasteiger partial charge in [0.05, 0.1) is 12.0 Å². The van der Waals surface area contributed by atoms with Crippen LogP contribution in [0.4, 0.5) is 8.78 Å². The maximum atomic E-state index is 13.2. The van der Waals surface area contributed by atoms with Crippen molar-refractivity contribution in [2.45, 2.75) is 18.9 Å². The second-order valence-corrected chi connectivity index (χ2v) is 6.30. The van der Waals surface area contributed by atoms with Gasteiger partial charge in [0.15, 0.2) is 23.7 Å². The molecule has 5 rings (SSSR count). The summed E-state index contributed by atoms with van der Waals surface area (Å²) >= 11 is 0. The first-order chi connectivity index (χ1) is 13.6. The molecule has 142 valence electrons. The quantitative estimate of drug-likeness (QED) is 0.581. The summed E-state index contributed by atoms with van der Waals surface area (Å²) < 4.78 is 37.2. The molecule has 8 nitrogen and oxygen atoms in total. The predicted octanol–water partition coefficient (Wildman–Crippen LogP) is 3.26. The van der Waals surface area contributed by atoms with Gasteiger partial charge >= 0.3 is 0 Å². The van der Waals surface area contributed by atoms with Crippen molar-refractivity contribution in [2.24, 2.45) is 0 Å². The minimum atomic E-state index is -2.92. The summed E-state index contributed by atoms with van der Waals surface area (Å²) in [7, 11) is 0. The number of amides is 1. The van der Waals surface area contributed by atoms with Crippen molar-refractivity contribution in [1.29, 1.82) is 0 Å². The van der Waals surface area contributed by atoms with Crippen molar-refractivity contribution >= 4 is 17.0 Å². The standard InChI is InChI=1S/C18H13F2N5O3/c19-16(20)13-15(27-8-23-13)18(26)25-6-5-10-12(22-7-21-10)14(25)17-24-9-3-1-2-4-11(9)28-17/h1-4,7-8,14,16H,5-6H2,(H,21,22)/t14-/m0/s1. The first-order valence-corrected chi connectivity index (χ1v) is 8.53. The van der Waals surface area contributed by atoms with Crippen LogP contribution in [0.15, 0.2) is 45.8 Å². The summed E-state index contributed by atoms with van der Waals surface area (Å²) in [5.74, 6) is -0.954. The van der Waals surface area contributed by atoms with E-state index in [0.29, 0.717) is 23.2 Å². The van der Waals surface area contributed by atoms with E-state index >= 15 is 0 Å². The summed E-state index contributed by atoms with van der Waals surface area (Å²) in [5, 5.41) is 0. The molecule has 10 heteroatoms. The van der Waals surface area contributed by atoms with E-state index < -0.39 is 29.8 Å². The van der Waals surface area contributed by atoms with Gasteiger partial charge in [0.2, 0.25) is 11.7 Å². The number of H-pyrrole nitrogens is 1. The van der Waals surface area contributed by atoms with Crippen LogP contribution < -0.4 is 0 Å². The van der Waals surface area contributed by atoms with E-state index in [1.165, 1.54) is 11.2 Å². The van der Waals surface area contributed by atoms with Gasteiger partial charge in [-0.15, -0.1) is 0 Å². The lowest BCUT2D eigenvalue weighted by molar-refractivity contribution is 0.0620. The van der Waals surface area contributed by atoms with Crippen LogP contribution in [-0.2, 0) is 6.42 Å². The number of hydrogen-bond acceptors (Lipinski definition) is 6. The summed E-state index contributed by atoms with van der Waals surface area (Å²) in [6, 6.07) is 6.41. The Kier molecular flexibility index (Phi) is 3.71. The molecule has 3 aromatic heterocycles. The number of hydrogen-bond donors (Lipinski definition) is 1. The number of benzene rings is 1. The number of nitrogens with one attached hydrogen (secondary N) is 1. The Bertz CT molecular complexity index is 1130. The molecule has 0 fully saturated rings. The molecular formula is C18H13F2N5O3. The van der Waals surface area contributed by atoms with Gasteiger partial charge in [0.25, 0.3) is 12.3 Å². The van der Waals surface area contributed by atoms with Crippen molar-refractivity contribution in [3.8, 4) is 0 Å². The van der Waals surface area contributed by atoms with Gasteiger partial charge < -0.3 is 18.7 Å². The van der Waals surface area contributed by atoms with E-state index in [4.69, 9.17) is 8.83 Å². The van der Waals surface area contributed by atoms with Crippen LogP contribution in [0.2, 0.25) is 0 Å². The summed E-state index contributed by atoms with van der Waals surface area (Å²) in [6.07, 6.45) is -0.0812. The fourth-order valence-electron chi connectivity index (χ4n) is 3.45. The van der Waals surface area contributed by atoms with Crippen LogP contribution in [0.25, 0.3) is 11.1 Å². The summed E-state index contributed by atoms with van der Waals surface area (Å²) in [6.45, 7) is 0.251. The number of oxazole rings is 2. The maximum Gasteiger partial charge on any atom is 0.292 e. The zero-order valence-electron chi connectivity index (χ0n) is 14.3. The molecule has 0 spiro atoms. The fourth-order valence-corrected chi connectivity index (χ4v) is 3.45. The highest BCUT2D eigenvalue weighted by molar-refractivity contribution is 5.93. The van der Waals surface area contributed by atoms with E-state index in [2.05, 4.69) is 19.9 Å². The molecule has 1 amide bonds. The zero-order chi connectivity index (χ0) is 19.3. The van der Waals surface area contributed by atoms with Gasteiger partial charge in [-0.2, -0.15) is 0 Å². The van der Waals surface area contributed by atoms with Gasteiger partial charge in [0.1, 0.15) is 5.52 Å². The smallest absolute Gasteiger partial charge is 0.292 e. The molecule has 0 aliphatic carbocycles. The molecule has 1 aliphatic rings. The first-order valence-electron chi connectivity index (χ1n) is 8.53. The Morgan fingerprint density at radius 2 is 2.14 bits per heavy atom. The average Bonchev–Trinajstić information content (AvgIpc) is 3.44. The Hall–Kier alpha value is -3.56. The van der Waals surface area contributed by atoms with E-state index in [-0.39, 0.29) is 12.4 Å². The third-order valence-electron chi connectivity index (χ3n) is 4.73. The third kappa shape index (κ3) is 2.48. The number of fused-ring (bicyclic) bond motifs is 2. The van der Waals surface area contributed by atoms with Crippen LogP contribution in [-0.4, -0.2) is 37.3 Å². The predicted molar refractivity (Wildman–Crippen MR) is 90.6 cm³/mol. The average molecular weight is 385 g/mol. The SMILES string of the molecule is O=C(c1ocnc1C(F)F)N1CCc2[nH]cnc2[C@H]1c1nc2ccccc2o1. The Balaban J connectivity index is 1.62. The van der Waals surface area contributed by atoms with Gasteiger partial charge in [-0.1, -0.05) is 12.1 Å². The van der Waals surface area contributed by atoms with Crippen LogP contribution >= 0.6 is 0 Å². The normalized spacial score (nSPS) is 16.7. The van der Waals surface area contributed by atoms with Crippen molar-refractivity contribution in [3.63, 3.8) is 0 Å². The van der Waals surface area contributed by atoms with Gasteiger partial charge in [-0.3, -0.25) is 4.79 Å². The maximum absolute atomic E-state index is 13.2. The summed E-state index contributed by atoms with van der Waals surface area (Å²) in [4.78, 5) is 29.7. The van der Waals surface area contributed by atoms with Crippen molar-refractivity contribution in [2.75, 3.05) is 6.54 Å². The second-order valence-electron chi connectivity index (χ2n) is 6.30. The largest absolute Gasteiger partial charge is 0.438 e. The highest BCUT2D eigenvalue weighted by atomic mass is 19.3. The molecule has 1 N–H and O–H groups in total. The Labute approximate surface area is 156 Å². The van der Waals surface area contributed by atoms with Gasteiger partial charge in [0, 0.05) is 18.7 Å². The number of para-hydroxylation sites is 2. The monoisotopic (exact) mass is 385 g/mol. The number of halogens is 2. The van der Waals surface area contributed by atoms with E-state index in [9.17, 15) is 13.6 Å². The Morgan fingerprint density at radius 3 is 2.96 bits per heavy atom. The molecule has 1 aliphatic heterocycles. The molecule has 0 saturated carbocycles. The Morgan fingerprint density at radius 1 is 1.29 bits per heavy atom. The molecule has 0 saturated heterocycles. The van der Waals surface area contributed by atoms with Crippen molar-refractivity contribution < 1.29 is 22.4 Å². The van der Waals surface area contributed by atoms with E-state index in [1.54, 1.807) is 12.1 Å². The highest BCUT2D eigenvalue weighted by Crippen LogP contribution is 2.36.